The van der Waals surface area contributed by atoms with E-state index in [2.05, 4.69) is 26.5 Å². The van der Waals surface area contributed by atoms with Crippen molar-refractivity contribution in [2.24, 2.45) is 5.10 Å². The second kappa shape index (κ2) is 10.4. The highest BCUT2D eigenvalue weighted by Gasteiger charge is 2.23. The SMILES string of the molecule is COCc1c(Br)c(C)n(CC(=O)NN=Cc2cc([N+](=O)[O-])cc([N+](=O)[O-])c2O)c(=O)c1C#N. The normalized spacial score (nSPS) is 10.7. The lowest BCUT2D eigenvalue weighted by atomic mass is 10.1. The third-order valence-electron chi connectivity index (χ3n) is 4.35. The Kier molecular flexibility index (Phi) is 7.94. The number of nitro groups is 2. The minimum absolute atomic E-state index is 0.00424. The first-order valence-electron chi connectivity index (χ1n) is 8.81. The van der Waals surface area contributed by atoms with E-state index in [0.29, 0.717) is 21.8 Å². The van der Waals surface area contributed by atoms with Crippen LogP contribution in [0.4, 0.5) is 11.4 Å². The highest BCUT2D eigenvalue weighted by molar-refractivity contribution is 9.10. The number of aromatic hydroxyl groups is 1. The van der Waals surface area contributed by atoms with Crippen LogP contribution in [0.5, 0.6) is 5.75 Å². The molecule has 1 heterocycles. The first-order valence-corrected chi connectivity index (χ1v) is 9.61. The fourth-order valence-corrected chi connectivity index (χ4v) is 3.30. The molecular formula is C18H15BrN6O8. The number of hydrogen-bond donors (Lipinski definition) is 2. The molecule has 14 nitrogen and oxygen atoms in total. The van der Waals surface area contributed by atoms with Gasteiger partial charge in [0.2, 0.25) is 5.75 Å². The Bertz CT molecular complexity index is 1280. The summed E-state index contributed by atoms with van der Waals surface area (Å²) in [5, 5.41) is 44.7. The fourth-order valence-electron chi connectivity index (χ4n) is 2.77. The molecule has 0 spiro atoms. The van der Waals surface area contributed by atoms with E-state index in [1.807, 2.05) is 0 Å². The molecule has 0 saturated carbocycles. The Morgan fingerprint density at radius 2 is 2.06 bits per heavy atom. The summed E-state index contributed by atoms with van der Waals surface area (Å²) in [5.74, 6) is -1.70. The van der Waals surface area contributed by atoms with Crippen molar-refractivity contribution in [1.29, 1.82) is 5.26 Å². The van der Waals surface area contributed by atoms with Crippen LogP contribution in [0.1, 0.15) is 22.4 Å². The number of non-ortho nitro benzene ring substituents is 1. The molecule has 0 unspecified atom stereocenters. The Labute approximate surface area is 193 Å². The number of pyridine rings is 1. The number of benzene rings is 1. The van der Waals surface area contributed by atoms with Gasteiger partial charge in [-0.25, -0.2) is 5.43 Å². The third-order valence-corrected chi connectivity index (χ3v) is 5.41. The molecule has 0 fully saturated rings. The zero-order chi connectivity index (χ0) is 24.9. The highest BCUT2D eigenvalue weighted by Crippen LogP contribution is 2.33. The summed E-state index contributed by atoms with van der Waals surface area (Å²) in [6.45, 7) is 1.00. The lowest BCUT2D eigenvalue weighted by Crippen LogP contribution is -2.33. The second-order valence-electron chi connectivity index (χ2n) is 6.40. The number of aromatic nitrogens is 1. The standard InChI is InChI=1S/C18H15BrN6O8/c1-9-16(19)13(8-33-2)12(5-20)18(28)23(9)7-15(26)22-21-6-10-3-11(24(29)30)4-14(17(10)27)25(31)32/h3-4,6,27H,7-8H2,1-2H3,(H,22,26). The van der Waals surface area contributed by atoms with Gasteiger partial charge in [0.1, 0.15) is 18.2 Å². The zero-order valence-corrected chi connectivity index (χ0v) is 18.7. The van der Waals surface area contributed by atoms with Crippen LogP contribution in [0.25, 0.3) is 0 Å². The number of ether oxygens (including phenoxy) is 1. The number of nitriles is 1. The number of halogens is 1. The Morgan fingerprint density at radius 3 is 2.61 bits per heavy atom. The number of nitrogens with zero attached hydrogens (tertiary/aromatic N) is 5. The summed E-state index contributed by atoms with van der Waals surface area (Å²) in [6.07, 6.45) is 0.779. The van der Waals surface area contributed by atoms with Crippen LogP contribution in [-0.2, 0) is 22.7 Å². The van der Waals surface area contributed by atoms with Gasteiger partial charge in [-0.15, -0.1) is 0 Å². The number of hydrazone groups is 1. The number of carbonyl (C=O) groups is 1. The average molecular weight is 523 g/mol. The predicted molar refractivity (Wildman–Crippen MR) is 116 cm³/mol. The minimum Gasteiger partial charge on any atom is -0.502 e. The van der Waals surface area contributed by atoms with Gasteiger partial charge in [-0.2, -0.15) is 10.4 Å². The lowest BCUT2D eigenvalue weighted by Gasteiger charge is -2.15. The smallest absolute Gasteiger partial charge is 0.318 e. The van der Waals surface area contributed by atoms with Crippen LogP contribution in [0.2, 0.25) is 0 Å². The fraction of sp³-hybridized carbons (Fsp3) is 0.222. The van der Waals surface area contributed by atoms with Crippen molar-refractivity contribution in [2.45, 2.75) is 20.1 Å². The Hall–Kier alpha value is -4.16. The van der Waals surface area contributed by atoms with Crippen molar-refractivity contribution in [3.05, 3.63) is 69.6 Å². The van der Waals surface area contributed by atoms with Crippen molar-refractivity contribution >= 4 is 39.4 Å². The predicted octanol–water partition coefficient (Wildman–Crippen LogP) is 1.61. The van der Waals surface area contributed by atoms with Crippen molar-refractivity contribution in [3.8, 4) is 11.8 Å². The van der Waals surface area contributed by atoms with Crippen LogP contribution in [-0.4, -0.2) is 38.8 Å². The van der Waals surface area contributed by atoms with E-state index in [4.69, 9.17) is 4.74 Å². The summed E-state index contributed by atoms with van der Waals surface area (Å²) in [7, 11) is 1.40. The van der Waals surface area contributed by atoms with E-state index >= 15 is 0 Å². The number of amides is 1. The molecule has 33 heavy (non-hydrogen) atoms. The van der Waals surface area contributed by atoms with Crippen LogP contribution < -0.4 is 11.0 Å². The molecule has 0 saturated heterocycles. The molecule has 2 aromatic rings. The van der Waals surface area contributed by atoms with E-state index in [9.17, 15) is 40.2 Å². The first-order chi connectivity index (χ1) is 15.5. The average Bonchev–Trinajstić information content (AvgIpc) is 2.76. The lowest BCUT2D eigenvalue weighted by molar-refractivity contribution is -0.394. The number of carbonyl (C=O) groups excluding carboxylic acids is 1. The largest absolute Gasteiger partial charge is 0.502 e. The molecule has 1 aromatic carbocycles. The van der Waals surface area contributed by atoms with Gasteiger partial charge in [0.05, 0.1) is 34.3 Å². The molecule has 1 aromatic heterocycles. The van der Waals surface area contributed by atoms with Crippen molar-refractivity contribution < 1.29 is 24.5 Å². The first kappa shape index (κ1) is 25.1. The van der Waals surface area contributed by atoms with E-state index in [-0.39, 0.29) is 17.7 Å². The number of rotatable bonds is 8. The van der Waals surface area contributed by atoms with Crippen LogP contribution in [0, 0.1) is 38.5 Å². The van der Waals surface area contributed by atoms with Crippen LogP contribution in [0.3, 0.4) is 0 Å². The summed E-state index contributed by atoms with van der Waals surface area (Å²) in [6, 6.07) is 3.20. The van der Waals surface area contributed by atoms with Gasteiger partial charge in [0.15, 0.2) is 0 Å². The Morgan fingerprint density at radius 1 is 1.39 bits per heavy atom. The summed E-state index contributed by atoms with van der Waals surface area (Å²) >= 11 is 3.29. The van der Waals surface area contributed by atoms with Gasteiger partial charge in [0.25, 0.3) is 17.2 Å². The molecule has 1 amide bonds. The summed E-state index contributed by atoms with van der Waals surface area (Å²) in [4.78, 5) is 44.9. The molecule has 0 bridgehead atoms. The maximum atomic E-state index is 12.6. The summed E-state index contributed by atoms with van der Waals surface area (Å²) < 4.78 is 6.44. The second-order valence-corrected chi connectivity index (χ2v) is 7.19. The van der Waals surface area contributed by atoms with Crippen molar-refractivity contribution in [3.63, 3.8) is 0 Å². The molecule has 15 heteroatoms. The van der Waals surface area contributed by atoms with E-state index < -0.39 is 45.0 Å². The molecule has 2 rings (SSSR count). The quantitative estimate of drug-likeness (QED) is 0.293. The summed E-state index contributed by atoms with van der Waals surface area (Å²) in [5.41, 5.74) is -0.170. The zero-order valence-electron chi connectivity index (χ0n) is 17.1. The van der Waals surface area contributed by atoms with Gasteiger partial charge < -0.3 is 14.4 Å². The molecule has 0 radical (unpaired) electrons. The molecule has 0 aliphatic heterocycles. The van der Waals surface area contributed by atoms with Gasteiger partial charge >= 0.3 is 5.69 Å². The molecule has 2 N–H and O–H groups in total. The number of nitro benzene ring substituents is 2. The van der Waals surface area contributed by atoms with E-state index in [1.165, 1.54) is 7.11 Å². The van der Waals surface area contributed by atoms with Crippen molar-refractivity contribution in [1.82, 2.24) is 9.99 Å². The number of methoxy groups -OCH3 is 1. The van der Waals surface area contributed by atoms with Gasteiger partial charge in [-0.1, -0.05) is 0 Å². The van der Waals surface area contributed by atoms with Gasteiger partial charge in [0, 0.05) is 28.9 Å². The monoisotopic (exact) mass is 522 g/mol. The number of phenolic OH excluding ortho intramolecular Hbond substituents is 1. The Balaban J connectivity index is 2.32. The van der Waals surface area contributed by atoms with Crippen molar-refractivity contribution in [2.75, 3.05) is 7.11 Å². The molecule has 0 aliphatic carbocycles. The maximum absolute atomic E-state index is 12.6. The van der Waals surface area contributed by atoms with Gasteiger partial charge in [-0.3, -0.25) is 29.8 Å². The maximum Gasteiger partial charge on any atom is 0.318 e. The van der Waals surface area contributed by atoms with Gasteiger partial charge in [-0.05, 0) is 22.9 Å². The molecule has 0 atom stereocenters. The number of phenols is 1. The molecule has 0 aliphatic rings. The molecular weight excluding hydrogens is 508 g/mol. The van der Waals surface area contributed by atoms with Crippen LogP contribution >= 0.6 is 15.9 Å². The third kappa shape index (κ3) is 5.37. The van der Waals surface area contributed by atoms with E-state index in [0.717, 1.165) is 16.8 Å². The van der Waals surface area contributed by atoms with Crippen LogP contribution in [0.15, 0.2) is 26.5 Å². The number of nitrogens with one attached hydrogen (secondary N) is 1. The minimum atomic E-state index is -1.01. The number of hydrogen-bond acceptors (Lipinski definition) is 10. The molecule has 172 valence electrons. The van der Waals surface area contributed by atoms with E-state index in [1.54, 1.807) is 13.0 Å². The topological polar surface area (TPSA) is 203 Å². The highest BCUT2D eigenvalue weighted by atomic mass is 79.9.